The third kappa shape index (κ3) is 50.0. The fourth-order valence-corrected chi connectivity index (χ4v) is 8.92. The van der Waals surface area contributed by atoms with Gasteiger partial charge in [-0.1, -0.05) is 256 Å². The standard InChI is InChI=1S/C61H113NO5/c1-4-7-10-13-16-19-22-25-28-30-32-34-37-40-43-46-49-52-57(67-61(66)54-51-48-45-42-39-36-33-29-26-23-20-17-14-11-8-5-2)55-60(65)62-58(56-63)59(64)53-50-47-44-41-38-35-31-27-24-21-18-15-12-9-6-3/h16,19,25,28-29,33,36,39,57-59,63-64H,4-15,17-18,20-24,26-27,30-32,34-35,37-38,40-56H2,1-3H3,(H,62,65)/b19-16-,28-25-,33-29+,39-36+. The molecule has 0 fully saturated rings. The molecule has 0 saturated heterocycles. The van der Waals surface area contributed by atoms with E-state index in [1.54, 1.807) is 0 Å². The molecule has 1 amide bonds. The van der Waals surface area contributed by atoms with Crippen LogP contribution in [0.15, 0.2) is 48.6 Å². The highest BCUT2D eigenvalue weighted by Gasteiger charge is 2.24. The van der Waals surface area contributed by atoms with Gasteiger partial charge in [0.1, 0.15) is 6.10 Å². The molecule has 0 aliphatic rings. The van der Waals surface area contributed by atoms with Crippen LogP contribution in [0.1, 0.15) is 303 Å². The fraction of sp³-hybridized carbons (Fsp3) is 0.836. The van der Waals surface area contributed by atoms with Crippen LogP contribution in [0, 0.1) is 0 Å². The Hall–Kier alpha value is -2.18. The predicted molar refractivity (Wildman–Crippen MR) is 292 cm³/mol. The largest absolute Gasteiger partial charge is 0.462 e. The number of aliphatic hydroxyl groups is 2. The van der Waals surface area contributed by atoms with Gasteiger partial charge in [0, 0.05) is 6.42 Å². The molecule has 0 aliphatic carbocycles. The number of rotatable bonds is 53. The van der Waals surface area contributed by atoms with E-state index in [9.17, 15) is 19.8 Å². The number of esters is 1. The van der Waals surface area contributed by atoms with Crippen molar-refractivity contribution >= 4 is 11.9 Å². The summed E-state index contributed by atoms with van der Waals surface area (Å²) in [5, 5.41) is 23.9. The third-order valence-corrected chi connectivity index (χ3v) is 13.4. The Kier molecular flexibility index (Phi) is 53.0. The lowest BCUT2D eigenvalue weighted by molar-refractivity contribution is -0.151. The smallest absolute Gasteiger partial charge is 0.306 e. The average Bonchev–Trinajstić information content (AvgIpc) is 3.32. The van der Waals surface area contributed by atoms with Crippen molar-refractivity contribution in [1.82, 2.24) is 5.32 Å². The summed E-state index contributed by atoms with van der Waals surface area (Å²) in [5.41, 5.74) is 0. The van der Waals surface area contributed by atoms with E-state index in [0.717, 1.165) is 83.5 Å². The first kappa shape index (κ1) is 64.8. The summed E-state index contributed by atoms with van der Waals surface area (Å²) in [6, 6.07) is -0.710. The summed E-state index contributed by atoms with van der Waals surface area (Å²) in [6.07, 6.45) is 67.4. The molecule has 3 N–H and O–H groups in total. The molecule has 392 valence electrons. The number of unbranched alkanes of at least 4 members (excludes halogenated alkanes) is 34. The summed E-state index contributed by atoms with van der Waals surface area (Å²) in [7, 11) is 0. The van der Waals surface area contributed by atoms with Crippen LogP contribution < -0.4 is 5.32 Å². The molecule has 0 heterocycles. The summed E-state index contributed by atoms with van der Waals surface area (Å²) in [4.78, 5) is 26.3. The van der Waals surface area contributed by atoms with Crippen LogP contribution in [0.3, 0.4) is 0 Å². The Bertz CT molecular complexity index is 1150. The first-order valence-electron chi connectivity index (χ1n) is 29.4. The highest BCUT2D eigenvalue weighted by molar-refractivity contribution is 5.77. The molecule has 0 aromatic heterocycles. The zero-order valence-electron chi connectivity index (χ0n) is 44.8. The van der Waals surface area contributed by atoms with Crippen molar-refractivity contribution in [2.75, 3.05) is 6.61 Å². The van der Waals surface area contributed by atoms with Crippen LogP contribution in [0.4, 0.5) is 0 Å². The van der Waals surface area contributed by atoms with Crippen molar-refractivity contribution in [2.24, 2.45) is 0 Å². The molecule has 0 aromatic carbocycles. The number of hydrogen-bond acceptors (Lipinski definition) is 5. The van der Waals surface area contributed by atoms with Gasteiger partial charge in [-0.05, 0) is 83.5 Å². The van der Waals surface area contributed by atoms with Crippen molar-refractivity contribution in [3.05, 3.63) is 48.6 Å². The second-order valence-electron chi connectivity index (χ2n) is 20.1. The Labute approximate surface area is 416 Å². The molecule has 3 unspecified atom stereocenters. The van der Waals surface area contributed by atoms with Gasteiger partial charge in [0.05, 0.1) is 25.2 Å². The summed E-state index contributed by atoms with van der Waals surface area (Å²) < 4.78 is 5.95. The van der Waals surface area contributed by atoms with Gasteiger partial charge in [-0.2, -0.15) is 0 Å². The number of hydrogen-bond donors (Lipinski definition) is 3. The monoisotopic (exact) mass is 940 g/mol. The number of allylic oxidation sites excluding steroid dienone is 8. The zero-order valence-corrected chi connectivity index (χ0v) is 44.8. The topological polar surface area (TPSA) is 95.9 Å². The number of nitrogens with one attached hydrogen (secondary N) is 1. The minimum absolute atomic E-state index is 0.0629. The molecular weight excluding hydrogens is 827 g/mol. The van der Waals surface area contributed by atoms with E-state index in [1.165, 1.54) is 173 Å². The Morgan fingerprint density at radius 3 is 1.25 bits per heavy atom. The van der Waals surface area contributed by atoms with Crippen molar-refractivity contribution < 1.29 is 24.5 Å². The SMILES string of the molecule is CCCCC/C=C\C/C=C\CCCCCCCCCC(CC(=O)NC(CO)C(O)CCCCCCCCCCCCCCCCC)OC(=O)CCCCC/C=C/C=C/CCCCCCCCC. The van der Waals surface area contributed by atoms with E-state index in [-0.39, 0.29) is 24.9 Å². The van der Waals surface area contributed by atoms with Crippen LogP contribution in [0.5, 0.6) is 0 Å². The van der Waals surface area contributed by atoms with E-state index < -0.39 is 18.2 Å². The number of carbonyl (C=O) groups is 2. The van der Waals surface area contributed by atoms with Crippen LogP contribution in [-0.2, 0) is 14.3 Å². The molecule has 3 atom stereocenters. The van der Waals surface area contributed by atoms with Gasteiger partial charge in [-0.15, -0.1) is 0 Å². The summed E-state index contributed by atoms with van der Waals surface area (Å²) in [5.74, 6) is -0.502. The van der Waals surface area contributed by atoms with E-state index in [0.29, 0.717) is 19.3 Å². The summed E-state index contributed by atoms with van der Waals surface area (Å²) in [6.45, 7) is 6.48. The molecule has 0 aromatic rings. The predicted octanol–water partition coefficient (Wildman–Crippen LogP) is 18.2. The normalized spacial score (nSPS) is 13.4. The van der Waals surface area contributed by atoms with Crippen LogP contribution in [0.25, 0.3) is 0 Å². The maximum Gasteiger partial charge on any atom is 0.306 e. The molecule has 67 heavy (non-hydrogen) atoms. The van der Waals surface area contributed by atoms with E-state index in [4.69, 9.17) is 4.74 Å². The zero-order chi connectivity index (χ0) is 48.8. The van der Waals surface area contributed by atoms with Crippen LogP contribution in [-0.4, -0.2) is 46.9 Å². The van der Waals surface area contributed by atoms with Crippen molar-refractivity contribution in [3.63, 3.8) is 0 Å². The Morgan fingerprint density at radius 2 is 0.806 bits per heavy atom. The van der Waals surface area contributed by atoms with Gasteiger partial charge in [-0.25, -0.2) is 0 Å². The molecule has 0 aliphatic heterocycles. The Balaban J connectivity index is 4.61. The van der Waals surface area contributed by atoms with Crippen molar-refractivity contribution in [1.29, 1.82) is 0 Å². The lowest BCUT2D eigenvalue weighted by Crippen LogP contribution is -2.46. The van der Waals surface area contributed by atoms with Gasteiger partial charge >= 0.3 is 5.97 Å². The molecule has 0 bridgehead atoms. The lowest BCUT2D eigenvalue weighted by atomic mass is 10.0. The van der Waals surface area contributed by atoms with E-state index in [2.05, 4.69) is 74.7 Å². The van der Waals surface area contributed by atoms with Gasteiger partial charge in [0.15, 0.2) is 0 Å². The van der Waals surface area contributed by atoms with Crippen LogP contribution in [0.2, 0.25) is 0 Å². The van der Waals surface area contributed by atoms with Gasteiger partial charge in [0.2, 0.25) is 5.91 Å². The second-order valence-corrected chi connectivity index (χ2v) is 20.1. The second kappa shape index (κ2) is 54.8. The van der Waals surface area contributed by atoms with Crippen LogP contribution >= 0.6 is 0 Å². The van der Waals surface area contributed by atoms with Crippen molar-refractivity contribution in [2.45, 2.75) is 322 Å². The van der Waals surface area contributed by atoms with Gasteiger partial charge in [0.25, 0.3) is 0 Å². The minimum atomic E-state index is -0.795. The van der Waals surface area contributed by atoms with Gasteiger partial charge < -0.3 is 20.3 Å². The maximum atomic E-state index is 13.3. The molecule has 6 nitrogen and oxygen atoms in total. The highest BCUT2D eigenvalue weighted by Crippen LogP contribution is 2.18. The van der Waals surface area contributed by atoms with Gasteiger partial charge in [-0.3, -0.25) is 9.59 Å². The number of carbonyl (C=O) groups excluding carboxylic acids is 2. The first-order chi connectivity index (χ1) is 33.0. The summed E-state index contributed by atoms with van der Waals surface area (Å²) >= 11 is 0. The number of aliphatic hydroxyl groups excluding tert-OH is 2. The fourth-order valence-electron chi connectivity index (χ4n) is 8.92. The minimum Gasteiger partial charge on any atom is -0.462 e. The quantitative estimate of drug-likeness (QED) is 0.0244. The van der Waals surface area contributed by atoms with E-state index >= 15 is 0 Å². The molecule has 0 spiro atoms. The van der Waals surface area contributed by atoms with Crippen molar-refractivity contribution in [3.8, 4) is 0 Å². The molecular formula is C61H113NO5. The number of amides is 1. The highest BCUT2D eigenvalue weighted by atomic mass is 16.5. The molecule has 0 saturated carbocycles. The number of ether oxygens (including phenoxy) is 1. The van der Waals surface area contributed by atoms with E-state index in [1.807, 2.05) is 0 Å². The maximum absolute atomic E-state index is 13.3. The third-order valence-electron chi connectivity index (χ3n) is 13.4. The first-order valence-corrected chi connectivity index (χ1v) is 29.4. The Morgan fingerprint density at radius 1 is 0.448 bits per heavy atom. The lowest BCUT2D eigenvalue weighted by Gasteiger charge is -2.24. The molecule has 0 rings (SSSR count). The molecule has 0 radical (unpaired) electrons. The molecule has 6 heteroatoms. The average molecular weight is 941 g/mol.